The molecule has 0 radical (unpaired) electrons. The van der Waals surface area contributed by atoms with Crippen LogP contribution in [0.3, 0.4) is 0 Å². The zero-order chi connectivity index (χ0) is 25.8. The fraction of sp³-hybridized carbons (Fsp3) is 0.600. The van der Waals surface area contributed by atoms with Crippen molar-refractivity contribution in [1.82, 2.24) is 9.80 Å². The van der Waals surface area contributed by atoms with Gasteiger partial charge in [-0.2, -0.15) is 0 Å². The molecular weight excluding hydrogens is 456 g/mol. The van der Waals surface area contributed by atoms with Gasteiger partial charge in [0.2, 0.25) is 0 Å². The number of halogens is 1. The van der Waals surface area contributed by atoms with Crippen molar-refractivity contribution in [2.24, 2.45) is 0 Å². The first-order valence-electron chi connectivity index (χ1n) is 13.3. The van der Waals surface area contributed by atoms with Crippen LogP contribution >= 0.6 is 11.6 Å². The molecule has 0 aliphatic carbocycles. The molecule has 1 fully saturated rings. The van der Waals surface area contributed by atoms with Crippen molar-refractivity contribution in [3.8, 4) is 5.75 Å². The molecule has 1 heterocycles. The molecule has 1 saturated heterocycles. The molecule has 3 atom stereocenters. The molecule has 2 aromatic rings. The Morgan fingerprint density at radius 3 is 2.43 bits per heavy atom. The first kappa shape index (κ1) is 29.6. The van der Waals surface area contributed by atoms with Gasteiger partial charge in [-0.25, -0.2) is 0 Å². The largest absolute Gasteiger partial charge is 0.487 e. The van der Waals surface area contributed by atoms with Crippen LogP contribution in [-0.4, -0.2) is 60.3 Å². The van der Waals surface area contributed by atoms with Crippen LogP contribution in [0.15, 0.2) is 48.5 Å². The number of aliphatic hydroxyl groups is 1. The van der Waals surface area contributed by atoms with E-state index in [9.17, 15) is 5.11 Å². The van der Waals surface area contributed by atoms with E-state index >= 15 is 0 Å². The van der Waals surface area contributed by atoms with Crippen LogP contribution in [0.2, 0.25) is 5.02 Å². The average molecular weight is 503 g/mol. The number of ether oxygens (including phenoxy) is 1. The number of likely N-dealkylation sites (tertiary alicyclic amines) is 1. The van der Waals surface area contributed by atoms with Gasteiger partial charge in [0, 0.05) is 25.0 Å². The lowest BCUT2D eigenvalue weighted by Crippen LogP contribution is -2.49. The van der Waals surface area contributed by atoms with E-state index in [1.165, 1.54) is 19.3 Å². The summed E-state index contributed by atoms with van der Waals surface area (Å²) in [5.74, 6) is 0.669. The second-order valence-electron chi connectivity index (χ2n) is 10.4. The first-order chi connectivity index (χ1) is 16.7. The second kappa shape index (κ2) is 14.8. The standard InChI is InChI=1S/C27H39ClN2O2.C3H8/c1-5-15-27(2,31)24(19-30-16-9-12-23(18-30)29(3)4)22-13-14-26(25(28)17-22)32-20-21-10-7-6-8-11-21;1-3-2/h6-8,10-11,13-14,17,23-24,31H,5,9,12,15-16,18-20H2,1-4H3;3H2,1-2H3. The van der Waals surface area contributed by atoms with Gasteiger partial charge in [-0.3, -0.25) is 0 Å². The molecule has 5 heteroatoms. The SMILES string of the molecule is CCC.CCCC(C)(O)C(CN1CCCC(N(C)C)C1)c1ccc(OCc2ccccc2)c(Cl)c1. The van der Waals surface area contributed by atoms with Gasteiger partial charge >= 0.3 is 0 Å². The van der Waals surface area contributed by atoms with Crippen molar-refractivity contribution in [3.05, 3.63) is 64.7 Å². The molecule has 196 valence electrons. The number of hydrogen-bond acceptors (Lipinski definition) is 4. The van der Waals surface area contributed by atoms with Crippen LogP contribution in [0.4, 0.5) is 0 Å². The number of likely N-dealkylation sites (N-methyl/N-ethyl adjacent to an activating group) is 1. The van der Waals surface area contributed by atoms with Gasteiger partial charge in [-0.1, -0.05) is 81.6 Å². The number of benzene rings is 2. The van der Waals surface area contributed by atoms with Crippen LogP contribution in [0, 0.1) is 0 Å². The molecule has 0 amide bonds. The predicted molar refractivity (Wildman–Crippen MR) is 150 cm³/mol. The molecule has 3 unspecified atom stereocenters. The molecule has 0 saturated carbocycles. The van der Waals surface area contributed by atoms with E-state index in [1.807, 2.05) is 49.4 Å². The first-order valence-corrected chi connectivity index (χ1v) is 13.7. The Hall–Kier alpha value is -1.59. The van der Waals surface area contributed by atoms with E-state index in [-0.39, 0.29) is 5.92 Å². The maximum absolute atomic E-state index is 11.4. The van der Waals surface area contributed by atoms with Gasteiger partial charge in [-0.05, 0) is 70.1 Å². The second-order valence-corrected chi connectivity index (χ2v) is 10.8. The summed E-state index contributed by atoms with van der Waals surface area (Å²) in [7, 11) is 4.32. The van der Waals surface area contributed by atoms with Gasteiger partial charge < -0.3 is 19.6 Å². The van der Waals surface area contributed by atoms with E-state index in [4.69, 9.17) is 16.3 Å². The molecular formula is C30H47ClN2O2. The third kappa shape index (κ3) is 9.42. The fourth-order valence-corrected chi connectivity index (χ4v) is 5.05. The third-order valence-corrected chi connectivity index (χ3v) is 7.05. The Morgan fingerprint density at radius 1 is 1.14 bits per heavy atom. The lowest BCUT2D eigenvalue weighted by Gasteiger charge is -2.41. The van der Waals surface area contributed by atoms with Crippen molar-refractivity contribution in [2.45, 2.75) is 84.0 Å². The van der Waals surface area contributed by atoms with Crippen LogP contribution in [0.1, 0.15) is 76.8 Å². The fourth-order valence-electron chi connectivity index (χ4n) is 4.80. The van der Waals surface area contributed by atoms with E-state index in [0.717, 1.165) is 43.6 Å². The Labute approximate surface area is 219 Å². The summed E-state index contributed by atoms with van der Waals surface area (Å²) < 4.78 is 5.97. The normalized spacial score (nSPS) is 18.9. The lowest BCUT2D eigenvalue weighted by atomic mass is 9.79. The Morgan fingerprint density at radius 2 is 1.83 bits per heavy atom. The lowest BCUT2D eigenvalue weighted by molar-refractivity contribution is 0.00242. The third-order valence-electron chi connectivity index (χ3n) is 6.75. The van der Waals surface area contributed by atoms with E-state index < -0.39 is 5.60 Å². The molecule has 1 aliphatic rings. The molecule has 3 rings (SSSR count). The molecule has 4 nitrogen and oxygen atoms in total. The average Bonchev–Trinajstić information content (AvgIpc) is 2.83. The summed E-state index contributed by atoms with van der Waals surface area (Å²) in [6.45, 7) is 11.8. The minimum atomic E-state index is -0.796. The summed E-state index contributed by atoms with van der Waals surface area (Å²) >= 11 is 6.65. The number of nitrogens with zero attached hydrogens (tertiary/aromatic N) is 2. The van der Waals surface area contributed by atoms with Crippen molar-refractivity contribution >= 4 is 11.6 Å². The molecule has 1 N–H and O–H groups in total. The number of piperidine rings is 1. The Bertz CT molecular complexity index is 857. The molecule has 2 aromatic carbocycles. The maximum Gasteiger partial charge on any atom is 0.138 e. The van der Waals surface area contributed by atoms with Crippen molar-refractivity contribution in [1.29, 1.82) is 0 Å². The monoisotopic (exact) mass is 502 g/mol. The summed E-state index contributed by atoms with van der Waals surface area (Å²) in [5, 5.41) is 12.0. The van der Waals surface area contributed by atoms with Crippen molar-refractivity contribution in [2.75, 3.05) is 33.7 Å². The van der Waals surface area contributed by atoms with E-state index in [1.54, 1.807) is 0 Å². The van der Waals surface area contributed by atoms with Crippen LogP contribution < -0.4 is 4.74 Å². The summed E-state index contributed by atoms with van der Waals surface area (Å²) in [6, 6.07) is 16.7. The molecule has 35 heavy (non-hydrogen) atoms. The van der Waals surface area contributed by atoms with Gasteiger partial charge in [0.15, 0.2) is 0 Å². The highest BCUT2D eigenvalue weighted by Crippen LogP contribution is 2.37. The molecule has 0 aromatic heterocycles. The number of rotatable bonds is 10. The van der Waals surface area contributed by atoms with Crippen LogP contribution in [0.5, 0.6) is 5.75 Å². The summed E-state index contributed by atoms with van der Waals surface area (Å²) in [4.78, 5) is 4.83. The van der Waals surface area contributed by atoms with Gasteiger partial charge in [-0.15, -0.1) is 0 Å². The highest BCUT2D eigenvalue weighted by atomic mass is 35.5. The zero-order valence-electron chi connectivity index (χ0n) is 22.8. The smallest absolute Gasteiger partial charge is 0.138 e. The molecule has 0 bridgehead atoms. The quantitative estimate of drug-likeness (QED) is 0.379. The van der Waals surface area contributed by atoms with E-state index in [0.29, 0.717) is 23.4 Å². The molecule has 0 spiro atoms. The summed E-state index contributed by atoms with van der Waals surface area (Å²) in [5.41, 5.74) is 1.39. The van der Waals surface area contributed by atoms with Gasteiger partial charge in [0.1, 0.15) is 12.4 Å². The van der Waals surface area contributed by atoms with Crippen molar-refractivity contribution < 1.29 is 9.84 Å². The van der Waals surface area contributed by atoms with Gasteiger partial charge in [0.05, 0.1) is 10.6 Å². The van der Waals surface area contributed by atoms with Crippen molar-refractivity contribution in [3.63, 3.8) is 0 Å². The minimum absolute atomic E-state index is 0.0102. The topological polar surface area (TPSA) is 35.9 Å². The van der Waals surface area contributed by atoms with Gasteiger partial charge in [0.25, 0.3) is 0 Å². The Kier molecular flexibility index (Phi) is 12.6. The highest BCUT2D eigenvalue weighted by Gasteiger charge is 2.35. The number of hydrogen-bond donors (Lipinski definition) is 1. The Balaban J connectivity index is 0.00000137. The van der Waals surface area contributed by atoms with Crippen LogP contribution in [-0.2, 0) is 6.61 Å². The zero-order valence-corrected chi connectivity index (χ0v) is 23.5. The predicted octanol–water partition coefficient (Wildman–Crippen LogP) is 7.00. The summed E-state index contributed by atoms with van der Waals surface area (Å²) in [6.07, 6.45) is 5.37. The van der Waals surface area contributed by atoms with E-state index in [2.05, 4.69) is 50.7 Å². The highest BCUT2D eigenvalue weighted by molar-refractivity contribution is 6.32. The van der Waals surface area contributed by atoms with Crippen LogP contribution in [0.25, 0.3) is 0 Å². The molecule has 1 aliphatic heterocycles. The maximum atomic E-state index is 11.4. The minimum Gasteiger partial charge on any atom is -0.487 e.